The van der Waals surface area contributed by atoms with E-state index in [1.54, 1.807) is 0 Å². The van der Waals surface area contributed by atoms with Crippen LogP contribution in [0.1, 0.15) is 27.5 Å². The molecule has 112 valence electrons. The summed E-state index contributed by atoms with van der Waals surface area (Å²) in [6.07, 6.45) is 0. The Kier molecular flexibility index (Phi) is 2.79. The number of nitrogens with zero attached hydrogens (tertiary/aromatic N) is 1. The second-order valence-electron chi connectivity index (χ2n) is 6.04. The predicted molar refractivity (Wildman–Crippen MR) is 94.0 cm³/mol. The van der Waals surface area contributed by atoms with Gasteiger partial charge >= 0.3 is 0 Å². The minimum absolute atomic E-state index is 0.0507. The SMILES string of the molecule is O=C1c2ccccc2C2c3c(ccc4ccccc34)SCCN12. The molecule has 1 atom stereocenters. The summed E-state index contributed by atoms with van der Waals surface area (Å²) in [5.74, 6) is 1.12. The monoisotopic (exact) mass is 317 g/mol. The number of carbonyl (C=O) groups excluding carboxylic acids is 1. The van der Waals surface area contributed by atoms with E-state index in [1.165, 1.54) is 21.2 Å². The third kappa shape index (κ3) is 1.80. The number of rotatable bonds is 0. The van der Waals surface area contributed by atoms with Crippen molar-refractivity contribution < 1.29 is 4.79 Å². The fourth-order valence-corrected chi connectivity index (χ4v) is 4.90. The van der Waals surface area contributed by atoms with Gasteiger partial charge in [0.25, 0.3) is 5.91 Å². The lowest BCUT2D eigenvalue weighted by Crippen LogP contribution is -2.29. The second-order valence-corrected chi connectivity index (χ2v) is 7.17. The largest absolute Gasteiger partial charge is 0.327 e. The maximum absolute atomic E-state index is 12.8. The van der Waals surface area contributed by atoms with Gasteiger partial charge in [0.05, 0.1) is 6.04 Å². The van der Waals surface area contributed by atoms with Crippen LogP contribution in [0.25, 0.3) is 10.8 Å². The molecule has 0 fully saturated rings. The van der Waals surface area contributed by atoms with Gasteiger partial charge in [0, 0.05) is 28.3 Å². The van der Waals surface area contributed by atoms with E-state index in [9.17, 15) is 4.79 Å². The molecule has 23 heavy (non-hydrogen) atoms. The van der Waals surface area contributed by atoms with Crippen LogP contribution in [0.3, 0.4) is 0 Å². The van der Waals surface area contributed by atoms with E-state index in [0.717, 1.165) is 23.4 Å². The van der Waals surface area contributed by atoms with Crippen molar-refractivity contribution in [3.8, 4) is 0 Å². The fourth-order valence-electron chi connectivity index (χ4n) is 3.85. The van der Waals surface area contributed by atoms with Crippen molar-refractivity contribution in [3.05, 3.63) is 77.4 Å². The smallest absolute Gasteiger partial charge is 0.255 e. The molecule has 3 heteroatoms. The van der Waals surface area contributed by atoms with E-state index in [0.29, 0.717) is 0 Å². The van der Waals surface area contributed by atoms with Crippen molar-refractivity contribution >= 4 is 28.4 Å². The lowest BCUT2D eigenvalue weighted by atomic mass is 9.93. The summed E-state index contributed by atoms with van der Waals surface area (Å²) in [6, 6.07) is 21.0. The number of thioether (sulfide) groups is 1. The van der Waals surface area contributed by atoms with Crippen molar-refractivity contribution in [2.75, 3.05) is 12.3 Å². The standard InChI is InChI=1S/C20H15NOS/c22-20-16-8-4-3-7-15(16)19-18-14-6-2-1-5-13(14)9-10-17(18)23-12-11-21(19)20/h1-10,19H,11-12H2. The van der Waals surface area contributed by atoms with Crippen LogP contribution in [0.15, 0.2) is 65.6 Å². The van der Waals surface area contributed by atoms with Gasteiger partial charge in [0.15, 0.2) is 0 Å². The zero-order valence-electron chi connectivity index (χ0n) is 12.5. The topological polar surface area (TPSA) is 20.3 Å². The Labute approximate surface area is 139 Å². The van der Waals surface area contributed by atoms with Gasteiger partial charge < -0.3 is 4.90 Å². The highest BCUT2D eigenvalue weighted by Gasteiger charge is 2.40. The van der Waals surface area contributed by atoms with E-state index in [-0.39, 0.29) is 11.9 Å². The average molecular weight is 317 g/mol. The van der Waals surface area contributed by atoms with Crippen molar-refractivity contribution in [2.24, 2.45) is 0 Å². The highest BCUT2D eigenvalue weighted by Crippen LogP contribution is 2.46. The number of benzene rings is 3. The van der Waals surface area contributed by atoms with E-state index < -0.39 is 0 Å². The molecule has 0 saturated carbocycles. The van der Waals surface area contributed by atoms with Crippen LogP contribution in [0.5, 0.6) is 0 Å². The van der Waals surface area contributed by atoms with Gasteiger partial charge in [-0.05, 0) is 28.5 Å². The quantitative estimate of drug-likeness (QED) is 0.609. The van der Waals surface area contributed by atoms with Crippen LogP contribution in [-0.4, -0.2) is 23.1 Å². The molecule has 0 aromatic heterocycles. The number of carbonyl (C=O) groups is 1. The molecule has 5 rings (SSSR count). The van der Waals surface area contributed by atoms with Gasteiger partial charge in [-0.2, -0.15) is 0 Å². The Morgan fingerprint density at radius 3 is 2.74 bits per heavy atom. The molecule has 0 spiro atoms. The molecule has 0 bridgehead atoms. The molecule has 3 aromatic carbocycles. The summed E-state index contributed by atoms with van der Waals surface area (Å²) < 4.78 is 0. The third-order valence-electron chi connectivity index (χ3n) is 4.85. The van der Waals surface area contributed by atoms with E-state index >= 15 is 0 Å². The molecule has 0 saturated heterocycles. The molecule has 1 unspecified atom stereocenters. The molecule has 2 nitrogen and oxygen atoms in total. The zero-order chi connectivity index (χ0) is 15.4. The molecule has 0 aliphatic carbocycles. The minimum Gasteiger partial charge on any atom is -0.327 e. The molecular weight excluding hydrogens is 302 g/mol. The summed E-state index contributed by atoms with van der Waals surface area (Å²) >= 11 is 1.86. The van der Waals surface area contributed by atoms with Crippen molar-refractivity contribution in [3.63, 3.8) is 0 Å². The Bertz CT molecular complexity index is 949. The summed E-state index contributed by atoms with van der Waals surface area (Å²) in [5, 5.41) is 2.50. The van der Waals surface area contributed by atoms with Gasteiger partial charge in [0.1, 0.15) is 0 Å². The van der Waals surface area contributed by atoms with Crippen molar-refractivity contribution in [1.82, 2.24) is 4.90 Å². The van der Waals surface area contributed by atoms with Crippen LogP contribution < -0.4 is 0 Å². The second kappa shape index (κ2) is 4.87. The third-order valence-corrected chi connectivity index (χ3v) is 5.91. The molecular formula is C20H15NOS. The van der Waals surface area contributed by atoms with Crippen LogP contribution in [0.4, 0.5) is 0 Å². The first-order chi connectivity index (χ1) is 11.3. The fraction of sp³-hybridized carbons (Fsp3) is 0.150. The van der Waals surface area contributed by atoms with Gasteiger partial charge in [-0.3, -0.25) is 4.79 Å². The summed E-state index contributed by atoms with van der Waals surface area (Å²) in [7, 11) is 0. The Morgan fingerprint density at radius 2 is 1.78 bits per heavy atom. The number of fused-ring (bicyclic) bond motifs is 7. The first-order valence-electron chi connectivity index (χ1n) is 7.89. The van der Waals surface area contributed by atoms with E-state index in [4.69, 9.17) is 0 Å². The molecule has 1 amide bonds. The molecule has 3 aromatic rings. The van der Waals surface area contributed by atoms with Gasteiger partial charge in [0.2, 0.25) is 0 Å². The highest BCUT2D eigenvalue weighted by molar-refractivity contribution is 7.99. The molecule has 2 aliphatic rings. The maximum Gasteiger partial charge on any atom is 0.255 e. The normalized spacial score (nSPS) is 19.2. The summed E-state index contributed by atoms with van der Waals surface area (Å²) in [6.45, 7) is 0.797. The van der Waals surface area contributed by atoms with Crippen LogP contribution in [0.2, 0.25) is 0 Å². The lowest BCUT2D eigenvalue weighted by Gasteiger charge is -2.25. The number of hydrogen-bond donors (Lipinski definition) is 0. The van der Waals surface area contributed by atoms with Crippen LogP contribution in [-0.2, 0) is 0 Å². The molecule has 0 N–H and O–H groups in total. The van der Waals surface area contributed by atoms with Crippen LogP contribution in [0, 0.1) is 0 Å². The van der Waals surface area contributed by atoms with Gasteiger partial charge in [-0.25, -0.2) is 0 Å². The highest BCUT2D eigenvalue weighted by atomic mass is 32.2. The zero-order valence-corrected chi connectivity index (χ0v) is 13.3. The first-order valence-corrected chi connectivity index (χ1v) is 8.87. The lowest BCUT2D eigenvalue weighted by molar-refractivity contribution is 0.0762. The van der Waals surface area contributed by atoms with Gasteiger partial charge in [-0.15, -0.1) is 11.8 Å². The Hall–Kier alpha value is -2.26. The summed E-state index contributed by atoms with van der Waals surface area (Å²) in [5.41, 5.74) is 3.31. The van der Waals surface area contributed by atoms with Crippen molar-refractivity contribution in [1.29, 1.82) is 0 Å². The average Bonchev–Trinajstić information content (AvgIpc) is 2.76. The van der Waals surface area contributed by atoms with Gasteiger partial charge in [-0.1, -0.05) is 48.5 Å². The minimum atomic E-state index is 0.0507. The summed E-state index contributed by atoms with van der Waals surface area (Å²) in [4.78, 5) is 16.2. The molecule has 2 aliphatic heterocycles. The number of hydrogen-bond acceptors (Lipinski definition) is 2. The Balaban J connectivity index is 1.87. The molecule has 0 radical (unpaired) electrons. The van der Waals surface area contributed by atoms with E-state index in [1.807, 2.05) is 30.0 Å². The maximum atomic E-state index is 12.8. The first kappa shape index (κ1) is 13.2. The number of amides is 1. The van der Waals surface area contributed by atoms with E-state index in [2.05, 4.69) is 47.4 Å². The molecule has 2 heterocycles. The Morgan fingerprint density at radius 1 is 0.957 bits per heavy atom. The predicted octanol–water partition coefficient (Wildman–Crippen LogP) is 4.49. The van der Waals surface area contributed by atoms with Crippen LogP contribution >= 0.6 is 11.8 Å². The van der Waals surface area contributed by atoms with Crippen molar-refractivity contribution in [2.45, 2.75) is 10.9 Å².